The van der Waals surface area contributed by atoms with Gasteiger partial charge < -0.3 is 10.2 Å². The summed E-state index contributed by atoms with van der Waals surface area (Å²) in [5.74, 6) is -0.0440. The molecule has 0 spiro atoms. The third kappa shape index (κ3) is 2.80. The van der Waals surface area contributed by atoms with E-state index in [4.69, 9.17) is 0 Å². The van der Waals surface area contributed by atoms with Gasteiger partial charge in [-0.3, -0.25) is 0 Å². The maximum absolute atomic E-state index is 9.73. The van der Waals surface area contributed by atoms with Crippen LogP contribution in [0.15, 0.2) is 0 Å². The fraction of sp³-hybridized carbons (Fsp3) is 1.00. The first-order valence-corrected chi connectivity index (χ1v) is 4.36. The Morgan fingerprint density at radius 2 is 1.82 bits per heavy atom. The fourth-order valence-corrected chi connectivity index (χ4v) is 1.09. The summed E-state index contributed by atoms with van der Waals surface area (Å²) in [6, 6.07) is 0. The van der Waals surface area contributed by atoms with Crippen LogP contribution in [-0.2, 0) is 0 Å². The Balaban J connectivity index is 4.10. The second-order valence-electron chi connectivity index (χ2n) is 3.47. The summed E-state index contributed by atoms with van der Waals surface area (Å²) in [5, 5.41) is 19.2. The van der Waals surface area contributed by atoms with Gasteiger partial charge in [-0.15, -0.1) is 0 Å². The number of hydrogen-bond donors (Lipinski definition) is 2. The Kier molecular flexibility index (Phi) is 4.04. The number of aliphatic hydroxyl groups excluding tert-OH is 1. The van der Waals surface area contributed by atoms with E-state index >= 15 is 0 Å². The van der Waals surface area contributed by atoms with Crippen molar-refractivity contribution in [3.8, 4) is 0 Å². The molecule has 3 unspecified atom stereocenters. The molecule has 0 aliphatic rings. The Hall–Kier alpha value is -0.0800. The molecule has 2 heteroatoms. The quantitative estimate of drug-likeness (QED) is 0.655. The predicted octanol–water partition coefficient (Wildman–Crippen LogP) is 1.55. The van der Waals surface area contributed by atoms with Gasteiger partial charge in [0.1, 0.15) is 0 Å². The minimum atomic E-state index is -0.727. The van der Waals surface area contributed by atoms with Crippen molar-refractivity contribution in [2.24, 2.45) is 5.92 Å². The predicted molar refractivity (Wildman–Crippen MR) is 46.4 cm³/mol. The number of aliphatic hydroxyl groups is 2. The molecule has 0 aromatic carbocycles. The number of hydrogen-bond acceptors (Lipinski definition) is 2. The summed E-state index contributed by atoms with van der Waals surface area (Å²) >= 11 is 0. The van der Waals surface area contributed by atoms with E-state index in [-0.39, 0.29) is 12.0 Å². The Morgan fingerprint density at radius 1 is 1.36 bits per heavy atom. The highest BCUT2D eigenvalue weighted by Crippen LogP contribution is 2.24. The van der Waals surface area contributed by atoms with E-state index in [0.29, 0.717) is 12.8 Å². The zero-order chi connectivity index (χ0) is 9.07. The van der Waals surface area contributed by atoms with Gasteiger partial charge in [-0.25, -0.2) is 0 Å². The Labute approximate surface area is 69.2 Å². The van der Waals surface area contributed by atoms with E-state index in [1.807, 2.05) is 20.8 Å². The highest BCUT2D eigenvalue weighted by Gasteiger charge is 2.30. The summed E-state index contributed by atoms with van der Waals surface area (Å²) in [7, 11) is 0. The molecule has 3 atom stereocenters. The molecular weight excluding hydrogens is 140 g/mol. The zero-order valence-corrected chi connectivity index (χ0v) is 7.96. The third-order valence-corrected chi connectivity index (χ3v) is 2.69. The van der Waals surface area contributed by atoms with Crippen molar-refractivity contribution in [2.45, 2.75) is 52.2 Å². The van der Waals surface area contributed by atoms with Crippen LogP contribution in [0.5, 0.6) is 0 Å². The van der Waals surface area contributed by atoms with Crippen LogP contribution in [0.3, 0.4) is 0 Å². The van der Waals surface area contributed by atoms with Crippen LogP contribution < -0.4 is 0 Å². The van der Waals surface area contributed by atoms with Crippen LogP contribution in [-0.4, -0.2) is 21.9 Å². The summed E-state index contributed by atoms with van der Waals surface area (Å²) in [6.07, 6.45) is 1.01. The van der Waals surface area contributed by atoms with E-state index in [9.17, 15) is 10.2 Å². The molecular formula is C9H20O2. The van der Waals surface area contributed by atoms with Crippen LogP contribution in [0.25, 0.3) is 0 Å². The lowest BCUT2D eigenvalue weighted by Gasteiger charge is -2.32. The van der Waals surface area contributed by atoms with Crippen molar-refractivity contribution in [3.63, 3.8) is 0 Å². The van der Waals surface area contributed by atoms with Gasteiger partial charge in [0.05, 0.1) is 11.7 Å². The van der Waals surface area contributed by atoms with Crippen molar-refractivity contribution < 1.29 is 10.2 Å². The zero-order valence-electron chi connectivity index (χ0n) is 7.96. The molecule has 2 nitrogen and oxygen atoms in total. The topological polar surface area (TPSA) is 40.5 Å². The molecule has 0 saturated heterocycles. The Bertz CT molecular complexity index is 110. The van der Waals surface area contributed by atoms with Crippen molar-refractivity contribution in [3.05, 3.63) is 0 Å². The maximum Gasteiger partial charge on any atom is 0.0667 e. The Morgan fingerprint density at radius 3 is 2.09 bits per heavy atom. The molecule has 2 N–H and O–H groups in total. The lowest BCUT2D eigenvalue weighted by Crippen LogP contribution is -2.39. The van der Waals surface area contributed by atoms with Crippen LogP contribution in [0, 0.1) is 5.92 Å². The highest BCUT2D eigenvalue weighted by atomic mass is 16.3. The van der Waals surface area contributed by atoms with Crippen LogP contribution in [0.2, 0.25) is 0 Å². The van der Waals surface area contributed by atoms with Crippen molar-refractivity contribution in [1.29, 1.82) is 0 Å². The summed E-state index contributed by atoms with van der Waals surface area (Å²) in [5.41, 5.74) is -0.727. The van der Waals surface area contributed by atoms with Crippen molar-refractivity contribution in [1.82, 2.24) is 0 Å². The first kappa shape index (κ1) is 10.9. The monoisotopic (exact) mass is 160 g/mol. The molecule has 68 valence electrons. The molecule has 0 bridgehead atoms. The minimum absolute atomic E-state index is 0.0440. The highest BCUT2D eigenvalue weighted by molar-refractivity contribution is 4.81. The molecule has 0 heterocycles. The fourth-order valence-electron chi connectivity index (χ4n) is 1.09. The van der Waals surface area contributed by atoms with E-state index < -0.39 is 5.60 Å². The van der Waals surface area contributed by atoms with Crippen LogP contribution in [0.4, 0.5) is 0 Å². The molecule has 0 amide bonds. The van der Waals surface area contributed by atoms with E-state index in [1.54, 1.807) is 6.92 Å². The van der Waals surface area contributed by atoms with Gasteiger partial charge in [0.2, 0.25) is 0 Å². The maximum atomic E-state index is 9.73. The first-order valence-electron chi connectivity index (χ1n) is 4.36. The van der Waals surface area contributed by atoms with Gasteiger partial charge in [-0.2, -0.15) is 0 Å². The molecule has 0 rings (SSSR count). The molecule has 0 aromatic rings. The summed E-state index contributed by atoms with van der Waals surface area (Å²) in [6.45, 7) is 7.51. The lowest BCUT2D eigenvalue weighted by atomic mass is 9.83. The average molecular weight is 160 g/mol. The van der Waals surface area contributed by atoms with Gasteiger partial charge in [-0.05, 0) is 19.8 Å². The third-order valence-electron chi connectivity index (χ3n) is 2.69. The van der Waals surface area contributed by atoms with Crippen molar-refractivity contribution >= 4 is 0 Å². The van der Waals surface area contributed by atoms with Gasteiger partial charge in [-0.1, -0.05) is 20.8 Å². The van der Waals surface area contributed by atoms with E-state index in [1.165, 1.54) is 0 Å². The van der Waals surface area contributed by atoms with Gasteiger partial charge in [0, 0.05) is 5.92 Å². The van der Waals surface area contributed by atoms with Gasteiger partial charge in [0.25, 0.3) is 0 Å². The van der Waals surface area contributed by atoms with Crippen molar-refractivity contribution in [2.75, 3.05) is 0 Å². The average Bonchev–Trinajstić information content (AvgIpc) is 2.01. The standard InChI is InChI=1S/C9H20O2/c1-5-8(10)7(3)9(4,11)6-2/h7-8,10-11H,5-6H2,1-4H3. The molecule has 0 aromatic heterocycles. The molecule has 0 saturated carbocycles. The van der Waals surface area contributed by atoms with Crippen LogP contribution >= 0.6 is 0 Å². The van der Waals surface area contributed by atoms with Gasteiger partial charge in [0.15, 0.2) is 0 Å². The minimum Gasteiger partial charge on any atom is -0.393 e. The largest absolute Gasteiger partial charge is 0.393 e. The van der Waals surface area contributed by atoms with Crippen LogP contribution in [0.1, 0.15) is 40.5 Å². The number of rotatable bonds is 4. The summed E-state index contributed by atoms with van der Waals surface area (Å²) in [4.78, 5) is 0. The SMILES string of the molecule is CCC(O)C(C)C(C)(O)CC. The van der Waals surface area contributed by atoms with E-state index in [2.05, 4.69) is 0 Å². The second kappa shape index (κ2) is 4.07. The smallest absolute Gasteiger partial charge is 0.0667 e. The molecule has 0 fully saturated rings. The lowest BCUT2D eigenvalue weighted by molar-refractivity contribution is -0.0539. The normalized spacial score (nSPS) is 22.4. The molecule has 0 radical (unpaired) electrons. The molecule has 0 aliphatic carbocycles. The first-order chi connectivity index (χ1) is 4.95. The van der Waals surface area contributed by atoms with Gasteiger partial charge >= 0.3 is 0 Å². The van der Waals surface area contributed by atoms with E-state index in [0.717, 1.165) is 0 Å². The molecule has 0 aliphatic heterocycles. The summed E-state index contributed by atoms with van der Waals surface area (Å²) < 4.78 is 0. The molecule has 11 heavy (non-hydrogen) atoms. The second-order valence-corrected chi connectivity index (χ2v) is 3.47.